The number of nitrogens with zero attached hydrogens (tertiary/aromatic N) is 1. The molecule has 3 nitrogen and oxygen atoms in total. The van der Waals surface area contributed by atoms with Crippen LogP contribution in [0.4, 0.5) is 10.5 Å². The average molecular weight is 286 g/mol. The second kappa shape index (κ2) is 6.48. The molecule has 20 heavy (non-hydrogen) atoms. The van der Waals surface area contributed by atoms with Crippen LogP contribution < -0.4 is 5.73 Å². The first-order chi connectivity index (χ1) is 9.56. The van der Waals surface area contributed by atoms with Gasteiger partial charge < -0.3 is 10.6 Å². The monoisotopic (exact) mass is 286 g/mol. The molecule has 2 aromatic carbocycles. The van der Waals surface area contributed by atoms with Crippen molar-refractivity contribution in [2.75, 3.05) is 19.8 Å². The van der Waals surface area contributed by atoms with Crippen LogP contribution in [-0.4, -0.2) is 24.2 Å². The molecule has 0 aliphatic heterocycles. The normalized spacial score (nSPS) is 10.3. The Morgan fingerprint density at radius 2 is 1.80 bits per heavy atom. The van der Waals surface area contributed by atoms with Crippen molar-refractivity contribution in [3.05, 3.63) is 59.7 Å². The fourth-order valence-electron chi connectivity index (χ4n) is 1.82. The van der Waals surface area contributed by atoms with Gasteiger partial charge in [0.2, 0.25) is 0 Å². The van der Waals surface area contributed by atoms with Gasteiger partial charge in [-0.2, -0.15) is 0 Å². The molecule has 2 aromatic rings. The maximum atomic E-state index is 11.7. The third-order valence-electron chi connectivity index (χ3n) is 2.89. The number of thioether (sulfide) groups is 1. The molecule has 0 atom stereocenters. The highest BCUT2D eigenvalue weighted by Crippen LogP contribution is 2.28. The van der Waals surface area contributed by atoms with E-state index in [1.165, 1.54) is 5.56 Å². The molecule has 2 rings (SSSR count). The van der Waals surface area contributed by atoms with Crippen LogP contribution in [0.1, 0.15) is 11.1 Å². The van der Waals surface area contributed by atoms with Gasteiger partial charge in [0.05, 0.1) is 0 Å². The molecule has 1 amide bonds. The molecule has 0 spiro atoms. The van der Waals surface area contributed by atoms with Gasteiger partial charge >= 0.3 is 0 Å². The number of benzene rings is 2. The van der Waals surface area contributed by atoms with Gasteiger partial charge in [0.1, 0.15) is 0 Å². The zero-order valence-corrected chi connectivity index (χ0v) is 12.5. The molecule has 0 fully saturated rings. The maximum absolute atomic E-state index is 11.7. The quantitative estimate of drug-likeness (QED) is 0.692. The van der Waals surface area contributed by atoms with E-state index in [9.17, 15) is 4.79 Å². The molecule has 0 heterocycles. The Kier molecular flexibility index (Phi) is 4.69. The van der Waals surface area contributed by atoms with E-state index in [2.05, 4.69) is 12.1 Å². The Bertz CT molecular complexity index is 597. The van der Waals surface area contributed by atoms with Crippen LogP contribution in [0.5, 0.6) is 0 Å². The molecule has 0 aliphatic carbocycles. The second-order valence-electron chi connectivity index (χ2n) is 4.80. The minimum Gasteiger partial charge on any atom is -0.398 e. The molecule has 0 radical (unpaired) electrons. The van der Waals surface area contributed by atoms with Gasteiger partial charge in [-0.25, -0.2) is 0 Å². The zero-order chi connectivity index (χ0) is 14.5. The predicted molar refractivity (Wildman–Crippen MR) is 85.0 cm³/mol. The third kappa shape index (κ3) is 3.78. The molecule has 0 unspecified atom stereocenters. The van der Waals surface area contributed by atoms with Crippen LogP contribution in [0.2, 0.25) is 0 Å². The van der Waals surface area contributed by atoms with E-state index in [0.717, 1.165) is 28.6 Å². The Hall–Kier alpha value is -1.94. The molecule has 104 valence electrons. The van der Waals surface area contributed by atoms with Crippen molar-refractivity contribution in [2.24, 2.45) is 0 Å². The fraction of sp³-hybridized carbons (Fsp3) is 0.188. The smallest absolute Gasteiger partial charge is 0.286 e. The number of carbonyl (C=O) groups excluding carboxylic acids is 1. The predicted octanol–water partition coefficient (Wildman–Crippen LogP) is 3.63. The van der Waals surface area contributed by atoms with Crippen molar-refractivity contribution < 1.29 is 4.79 Å². The van der Waals surface area contributed by atoms with Crippen molar-refractivity contribution in [1.29, 1.82) is 0 Å². The third-order valence-corrected chi connectivity index (χ3v) is 4.02. The first-order valence-electron chi connectivity index (χ1n) is 6.37. The Morgan fingerprint density at radius 1 is 1.10 bits per heavy atom. The highest BCUT2D eigenvalue weighted by Gasteiger charge is 2.10. The topological polar surface area (TPSA) is 46.3 Å². The summed E-state index contributed by atoms with van der Waals surface area (Å²) < 4.78 is 0. The fourth-order valence-corrected chi connectivity index (χ4v) is 2.50. The zero-order valence-electron chi connectivity index (χ0n) is 11.7. The molecule has 0 aliphatic rings. The van der Waals surface area contributed by atoms with Gasteiger partial charge in [0.15, 0.2) is 0 Å². The van der Waals surface area contributed by atoms with Gasteiger partial charge in [-0.05, 0) is 41.4 Å². The molecule has 2 N–H and O–H groups in total. The van der Waals surface area contributed by atoms with E-state index in [-0.39, 0.29) is 5.24 Å². The van der Waals surface area contributed by atoms with Gasteiger partial charge in [0, 0.05) is 24.7 Å². The van der Waals surface area contributed by atoms with Crippen molar-refractivity contribution in [2.45, 2.75) is 11.3 Å². The molecular formula is C16H18N2OS. The number of rotatable bonds is 3. The Morgan fingerprint density at radius 3 is 2.40 bits per heavy atom. The average Bonchev–Trinajstić information content (AvgIpc) is 2.42. The van der Waals surface area contributed by atoms with E-state index < -0.39 is 0 Å². The molecule has 0 saturated heterocycles. The highest BCUT2D eigenvalue weighted by molar-refractivity contribution is 8.13. The van der Waals surface area contributed by atoms with E-state index in [1.54, 1.807) is 19.0 Å². The van der Waals surface area contributed by atoms with Crippen molar-refractivity contribution >= 4 is 22.7 Å². The lowest BCUT2D eigenvalue weighted by molar-refractivity contribution is 0.241. The number of hydrogen-bond donors (Lipinski definition) is 1. The second-order valence-corrected chi connectivity index (χ2v) is 5.79. The first-order valence-corrected chi connectivity index (χ1v) is 7.19. The standard InChI is InChI=1S/C16H18N2OS/c1-18(2)16(19)20-15-9-8-13(11-14(15)17)10-12-6-4-3-5-7-12/h3-9,11H,10,17H2,1-2H3. The number of nitrogen functional groups attached to an aromatic ring is 1. The van der Waals surface area contributed by atoms with Crippen molar-refractivity contribution in [1.82, 2.24) is 4.90 Å². The maximum Gasteiger partial charge on any atom is 0.286 e. The molecule has 4 heteroatoms. The summed E-state index contributed by atoms with van der Waals surface area (Å²) in [4.78, 5) is 14.0. The Labute approximate surface area is 123 Å². The molecule has 0 aromatic heterocycles. The van der Waals surface area contributed by atoms with Crippen molar-refractivity contribution in [3.8, 4) is 0 Å². The van der Waals surface area contributed by atoms with Crippen LogP contribution >= 0.6 is 11.8 Å². The number of anilines is 1. The lowest BCUT2D eigenvalue weighted by atomic mass is 10.0. The van der Waals surface area contributed by atoms with Gasteiger partial charge in [-0.1, -0.05) is 36.4 Å². The van der Waals surface area contributed by atoms with E-state index in [4.69, 9.17) is 5.73 Å². The summed E-state index contributed by atoms with van der Waals surface area (Å²) in [6.07, 6.45) is 0.845. The highest BCUT2D eigenvalue weighted by atomic mass is 32.2. The Balaban J connectivity index is 2.12. The summed E-state index contributed by atoms with van der Waals surface area (Å²) in [7, 11) is 3.46. The van der Waals surface area contributed by atoms with E-state index in [1.807, 2.05) is 36.4 Å². The largest absolute Gasteiger partial charge is 0.398 e. The van der Waals surface area contributed by atoms with Crippen molar-refractivity contribution in [3.63, 3.8) is 0 Å². The number of amides is 1. The van der Waals surface area contributed by atoms with Crippen LogP contribution in [0.3, 0.4) is 0 Å². The number of carbonyl (C=O) groups is 1. The molecule has 0 saturated carbocycles. The summed E-state index contributed by atoms with van der Waals surface area (Å²) in [5.74, 6) is 0. The number of nitrogens with two attached hydrogens (primary N) is 1. The van der Waals surface area contributed by atoms with Gasteiger partial charge in [0.25, 0.3) is 5.24 Å². The van der Waals surface area contributed by atoms with Crippen LogP contribution in [0, 0.1) is 0 Å². The van der Waals surface area contributed by atoms with Gasteiger partial charge in [-0.3, -0.25) is 4.79 Å². The lowest BCUT2D eigenvalue weighted by Crippen LogP contribution is -2.16. The van der Waals surface area contributed by atoms with E-state index >= 15 is 0 Å². The van der Waals surface area contributed by atoms with Crippen LogP contribution in [-0.2, 0) is 6.42 Å². The van der Waals surface area contributed by atoms with E-state index in [0.29, 0.717) is 5.69 Å². The van der Waals surface area contributed by atoms with Gasteiger partial charge in [-0.15, -0.1) is 0 Å². The SMILES string of the molecule is CN(C)C(=O)Sc1ccc(Cc2ccccc2)cc1N. The summed E-state index contributed by atoms with van der Waals surface area (Å²) in [6.45, 7) is 0. The molecule has 0 bridgehead atoms. The minimum absolute atomic E-state index is 0.0208. The molecular weight excluding hydrogens is 268 g/mol. The minimum atomic E-state index is -0.0208. The van der Waals surface area contributed by atoms with Crippen LogP contribution in [0.25, 0.3) is 0 Å². The van der Waals surface area contributed by atoms with Crippen LogP contribution in [0.15, 0.2) is 53.4 Å². The number of hydrogen-bond acceptors (Lipinski definition) is 3. The summed E-state index contributed by atoms with van der Waals surface area (Å²) in [5.41, 5.74) is 9.08. The summed E-state index contributed by atoms with van der Waals surface area (Å²) in [6, 6.07) is 16.1. The first kappa shape index (κ1) is 14.5. The summed E-state index contributed by atoms with van der Waals surface area (Å²) in [5, 5.41) is -0.0208. The lowest BCUT2D eigenvalue weighted by Gasteiger charge is -2.11. The summed E-state index contributed by atoms with van der Waals surface area (Å²) >= 11 is 1.16.